The molecule has 2 N–H and O–H groups in total. The Morgan fingerprint density at radius 1 is 1.13 bits per heavy atom. The Balaban J connectivity index is 1.38. The summed E-state index contributed by atoms with van der Waals surface area (Å²) in [5.74, 6) is 1.28. The van der Waals surface area contributed by atoms with Gasteiger partial charge in [0.1, 0.15) is 5.82 Å². The van der Waals surface area contributed by atoms with Crippen molar-refractivity contribution in [1.29, 1.82) is 0 Å². The topological polar surface area (TPSA) is 79.4 Å². The summed E-state index contributed by atoms with van der Waals surface area (Å²) >= 11 is 1.59. The zero-order chi connectivity index (χ0) is 20.8. The molecule has 0 spiro atoms. The molecule has 1 amide bonds. The van der Waals surface area contributed by atoms with Crippen LogP contribution in [0, 0.1) is 6.92 Å². The first kappa shape index (κ1) is 20.1. The molecule has 3 heterocycles. The third-order valence-corrected chi connectivity index (χ3v) is 5.34. The van der Waals surface area contributed by atoms with E-state index in [0.29, 0.717) is 19.2 Å². The second-order valence-corrected chi connectivity index (χ2v) is 7.81. The number of hydrogen-bond donors (Lipinski definition) is 2. The number of anilines is 4. The molecule has 2 aromatic heterocycles. The lowest BCUT2D eigenvalue weighted by Crippen LogP contribution is -2.37. The zero-order valence-electron chi connectivity index (χ0n) is 16.7. The van der Waals surface area contributed by atoms with Crippen molar-refractivity contribution in [2.24, 2.45) is 0 Å². The van der Waals surface area contributed by atoms with Crippen molar-refractivity contribution in [3.63, 3.8) is 0 Å². The lowest BCUT2D eigenvalue weighted by molar-refractivity contribution is -0.111. The Morgan fingerprint density at radius 3 is 2.63 bits per heavy atom. The van der Waals surface area contributed by atoms with Crippen LogP contribution in [-0.4, -0.2) is 42.2 Å². The molecule has 1 aliphatic heterocycles. The van der Waals surface area contributed by atoms with Gasteiger partial charge in [0, 0.05) is 47.2 Å². The number of hydrogen-bond acceptors (Lipinski definition) is 7. The van der Waals surface area contributed by atoms with E-state index in [1.165, 1.54) is 6.08 Å². The SMILES string of the molecule is Cc1cc(Nc2ccc(NC(=O)/C=C/c3cccs3)cc2)nc(N2CCOCC2)n1. The predicted molar refractivity (Wildman–Crippen MR) is 122 cm³/mol. The normalized spacial score (nSPS) is 14.1. The van der Waals surface area contributed by atoms with Gasteiger partial charge in [-0.15, -0.1) is 11.3 Å². The van der Waals surface area contributed by atoms with Crippen LogP contribution in [0.2, 0.25) is 0 Å². The monoisotopic (exact) mass is 421 g/mol. The van der Waals surface area contributed by atoms with Crippen molar-refractivity contribution in [2.75, 3.05) is 41.8 Å². The molecule has 30 heavy (non-hydrogen) atoms. The molecule has 3 aromatic rings. The van der Waals surface area contributed by atoms with Crippen molar-refractivity contribution in [3.05, 3.63) is 64.5 Å². The summed E-state index contributed by atoms with van der Waals surface area (Å²) in [6, 6.07) is 13.4. The van der Waals surface area contributed by atoms with Crippen LogP contribution in [0.4, 0.5) is 23.1 Å². The van der Waals surface area contributed by atoms with Crippen molar-refractivity contribution in [2.45, 2.75) is 6.92 Å². The van der Waals surface area contributed by atoms with Gasteiger partial charge in [0.05, 0.1) is 13.2 Å². The highest BCUT2D eigenvalue weighted by molar-refractivity contribution is 7.10. The van der Waals surface area contributed by atoms with E-state index in [2.05, 4.69) is 25.5 Å². The number of benzene rings is 1. The lowest BCUT2D eigenvalue weighted by Gasteiger charge is -2.27. The molecule has 1 saturated heterocycles. The number of nitrogens with one attached hydrogen (secondary N) is 2. The Hall–Kier alpha value is -3.23. The predicted octanol–water partition coefficient (Wildman–Crippen LogP) is 4.08. The van der Waals surface area contributed by atoms with Crippen molar-refractivity contribution in [1.82, 2.24) is 9.97 Å². The second-order valence-electron chi connectivity index (χ2n) is 6.83. The Kier molecular flexibility index (Phi) is 6.36. The Labute approximate surface area is 179 Å². The fraction of sp³-hybridized carbons (Fsp3) is 0.227. The van der Waals surface area contributed by atoms with Crippen molar-refractivity contribution < 1.29 is 9.53 Å². The van der Waals surface area contributed by atoms with E-state index in [1.54, 1.807) is 17.4 Å². The molecule has 0 bridgehead atoms. The highest BCUT2D eigenvalue weighted by Gasteiger charge is 2.15. The number of aryl methyl sites for hydroxylation is 1. The maximum atomic E-state index is 12.1. The lowest BCUT2D eigenvalue weighted by atomic mass is 10.2. The highest BCUT2D eigenvalue weighted by atomic mass is 32.1. The number of nitrogens with zero attached hydrogens (tertiary/aromatic N) is 3. The molecule has 0 saturated carbocycles. The number of thiophene rings is 1. The van der Waals surface area contributed by atoms with Crippen molar-refractivity contribution in [3.8, 4) is 0 Å². The van der Waals surface area contributed by atoms with Crippen molar-refractivity contribution >= 4 is 46.5 Å². The molecule has 0 atom stereocenters. The van der Waals surface area contributed by atoms with E-state index in [1.807, 2.05) is 54.8 Å². The van der Waals surface area contributed by atoms with Crippen LogP contribution in [0.3, 0.4) is 0 Å². The van der Waals surface area contributed by atoms with Gasteiger partial charge in [0.2, 0.25) is 11.9 Å². The second kappa shape index (κ2) is 9.51. The highest BCUT2D eigenvalue weighted by Crippen LogP contribution is 2.21. The molecule has 7 nitrogen and oxygen atoms in total. The summed E-state index contributed by atoms with van der Waals surface area (Å²) < 4.78 is 5.40. The molecular weight excluding hydrogens is 398 g/mol. The summed E-state index contributed by atoms with van der Waals surface area (Å²) in [7, 11) is 0. The zero-order valence-corrected chi connectivity index (χ0v) is 17.5. The average Bonchev–Trinajstić information content (AvgIpc) is 3.28. The maximum absolute atomic E-state index is 12.1. The van der Waals surface area contributed by atoms with Gasteiger partial charge in [0.25, 0.3) is 0 Å². The molecule has 0 unspecified atom stereocenters. The van der Waals surface area contributed by atoms with Gasteiger partial charge in [-0.3, -0.25) is 4.79 Å². The molecule has 1 aromatic carbocycles. The Bertz CT molecular complexity index is 1010. The molecule has 8 heteroatoms. The minimum Gasteiger partial charge on any atom is -0.378 e. The van der Waals surface area contributed by atoms with Gasteiger partial charge < -0.3 is 20.3 Å². The number of carbonyl (C=O) groups excluding carboxylic acids is 1. The number of rotatable bonds is 6. The van der Waals surface area contributed by atoms with Gasteiger partial charge in [0.15, 0.2) is 0 Å². The van der Waals surface area contributed by atoms with Crippen LogP contribution in [0.15, 0.2) is 53.9 Å². The first-order valence-electron chi connectivity index (χ1n) is 9.74. The number of morpholine rings is 1. The number of ether oxygens (including phenoxy) is 1. The van der Waals surface area contributed by atoms with Gasteiger partial charge in [-0.25, -0.2) is 4.98 Å². The van der Waals surface area contributed by atoms with Gasteiger partial charge >= 0.3 is 0 Å². The van der Waals surface area contributed by atoms with Gasteiger partial charge in [-0.05, 0) is 48.7 Å². The molecule has 154 valence electrons. The molecule has 4 rings (SSSR count). The quantitative estimate of drug-likeness (QED) is 0.584. The first-order valence-corrected chi connectivity index (χ1v) is 10.6. The summed E-state index contributed by atoms with van der Waals surface area (Å²) in [4.78, 5) is 24.4. The van der Waals surface area contributed by atoms with Crippen LogP contribution >= 0.6 is 11.3 Å². The van der Waals surface area contributed by atoms with Crippen LogP contribution in [0.25, 0.3) is 6.08 Å². The van der Waals surface area contributed by atoms with Gasteiger partial charge in [-0.1, -0.05) is 6.07 Å². The Morgan fingerprint density at radius 2 is 1.90 bits per heavy atom. The largest absolute Gasteiger partial charge is 0.378 e. The van der Waals surface area contributed by atoms with E-state index in [-0.39, 0.29) is 5.91 Å². The van der Waals surface area contributed by atoms with Crippen LogP contribution in [0.1, 0.15) is 10.6 Å². The van der Waals surface area contributed by atoms with E-state index in [0.717, 1.165) is 40.9 Å². The van der Waals surface area contributed by atoms with Crippen LogP contribution < -0.4 is 15.5 Å². The minimum atomic E-state index is -0.161. The average molecular weight is 422 g/mol. The summed E-state index contributed by atoms with van der Waals surface area (Å²) in [6.45, 7) is 4.92. The minimum absolute atomic E-state index is 0.161. The van der Waals surface area contributed by atoms with E-state index >= 15 is 0 Å². The molecule has 1 aliphatic rings. The van der Waals surface area contributed by atoms with E-state index in [4.69, 9.17) is 4.74 Å². The number of aromatic nitrogens is 2. The molecule has 1 fully saturated rings. The summed E-state index contributed by atoms with van der Waals surface area (Å²) in [5.41, 5.74) is 2.51. The fourth-order valence-corrected chi connectivity index (χ4v) is 3.65. The summed E-state index contributed by atoms with van der Waals surface area (Å²) in [5, 5.41) is 8.16. The third kappa shape index (κ3) is 5.43. The maximum Gasteiger partial charge on any atom is 0.248 e. The number of amides is 1. The van der Waals surface area contributed by atoms with Gasteiger partial charge in [-0.2, -0.15) is 4.98 Å². The number of carbonyl (C=O) groups is 1. The summed E-state index contributed by atoms with van der Waals surface area (Å²) in [6.07, 6.45) is 3.34. The van der Waals surface area contributed by atoms with E-state index < -0.39 is 0 Å². The molecule has 0 aliphatic carbocycles. The smallest absolute Gasteiger partial charge is 0.248 e. The molecular formula is C22H23N5O2S. The standard InChI is InChI=1S/C22H23N5O2S/c1-16-15-20(26-22(23-16)27-10-12-29-13-11-27)24-17-4-6-18(7-5-17)25-21(28)9-8-19-3-2-14-30-19/h2-9,14-15H,10-13H2,1H3,(H,25,28)(H,23,24,26)/b9-8+. The van der Waals surface area contributed by atoms with Crippen LogP contribution in [-0.2, 0) is 9.53 Å². The van der Waals surface area contributed by atoms with E-state index in [9.17, 15) is 4.79 Å². The van der Waals surface area contributed by atoms with Crippen LogP contribution in [0.5, 0.6) is 0 Å². The third-order valence-electron chi connectivity index (χ3n) is 4.50. The molecule has 0 radical (unpaired) electrons. The first-order chi connectivity index (χ1) is 14.7. The fourth-order valence-electron chi connectivity index (χ4n) is 3.03.